The standard InChI is InChI=1S/C10H15N2O/c11-10(13)9-8-2-6-1-7(3-8)5-12(9)4-6/h2,6-9H,1,3-5H2,(H2,11,13). The summed E-state index contributed by atoms with van der Waals surface area (Å²) in [5.41, 5.74) is 5.42. The van der Waals surface area contributed by atoms with Crippen molar-refractivity contribution in [1.29, 1.82) is 0 Å². The molecular formula is C10H15N2O. The summed E-state index contributed by atoms with van der Waals surface area (Å²) in [7, 11) is 0. The Balaban J connectivity index is 1.89. The van der Waals surface area contributed by atoms with E-state index in [4.69, 9.17) is 5.73 Å². The molecule has 4 fully saturated rings. The Morgan fingerprint density at radius 3 is 2.85 bits per heavy atom. The van der Waals surface area contributed by atoms with Crippen LogP contribution in [0.3, 0.4) is 0 Å². The fourth-order valence-corrected chi connectivity index (χ4v) is 3.53. The Kier molecular flexibility index (Phi) is 1.48. The van der Waals surface area contributed by atoms with Gasteiger partial charge in [-0.15, -0.1) is 0 Å². The van der Waals surface area contributed by atoms with Gasteiger partial charge in [0.1, 0.15) is 0 Å². The Hall–Kier alpha value is -0.570. The lowest BCUT2D eigenvalue weighted by atomic mass is 9.65. The topological polar surface area (TPSA) is 46.3 Å². The summed E-state index contributed by atoms with van der Waals surface area (Å²) in [6, 6.07) is 0.0211. The molecule has 4 bridgehead atoms. The van der Waals surface area contributed by atoms with Crippen molar-refractivity contribution < 1.29 is 4.79 Å². The Morgan fingerprint density at radius 2 is 2.23 bits per heavy atom. The largest absolute Gasteiger partial charge is 0.368 e. The first-order valence-electron chi connectivity index (χ1n) is 5.12. The van der Waals surface area contributed by atoms with Crippen LogP contribution < -0.4 is 5.73 Å². The van der Waals surface area contributed by atoms with Crippen molar-refractivity contribution in [2.75, 3.05) is 13.1 Å². The maximum atomic E-state index is 11.3. The lowest BCUT2D eigenvalue weighted by Crippen LogP contribution is -2.63. The number of piperidine rings is 3. The average Bonchev–Trinajstić information content (AvgIpc) is 2.00. The van der Waals surface area contributed by atoms with Gasteiger partial charge in [0.2, 0.25) is 5.91 Å². The third-order valence-electron chi connectivity index (χ3n) is 3.81. The van der Waals surface area contributed by atoms with E-state index in [1.807, 2.05) is 0 Å². The summed E-state index contributed by atoms with van der Waals surface area (Å²) in [6.45, 7) is 2.18. The summed E-state index contributed by atoms with van der Waals surface area (Å²) in [5.74, 6) is 1.92. The molecule has 4 aliphatic rings. The number of carbonyl (C=O) groups excluding carboxylic acids is 1. The quantitative estimate of drug-likeness (QED) is 0.616. The molecular weight excluding hydrogens is 164 g/mol. The van der Waals surface area contributed by atoms with Crippen molar-refractivity contribution >= 4 is 5.91 Å². The van der Waals surface area contributed by atoms with Crippen LogP contribution in [0, 0.1) is 24.2 Å². The van der Waals surface area contributed by atoms with Gasteiger partial charge in [0.15, 0.2) is 0 Å². The number of nitrogens with zero attached hydrogens (tertiary/aromatic N) is 1. The van der Waals surface area contributed by atoms with Crippen LogP contribution >= 0.6 is 0 Å². The SMILES string of the molecule is NC(=O)C1C2[CH]C3CC(C2)CN1C3. The highest BCUT2D eigenvalue weighted by atomic mass is 16.1. The monoisotopic (exact) mass is 179 g/mol. The molecule has 0 spiro atoms. The first-order valence-corrected chi connectivity index (χ1v) is 5.12. The van der Waals surface area contributed by atoms with Gasteiger partial charge < -0.3 is 5.73 Å². The number of amides is 1. The molecule has 3 aliphatic heterocycles. The predicted molar refractivity (Wildman–Crippen MR) is 48.6 cm³/mol. The van der Waals surface area contributed by atoms with E-state index in [1.165, 1.54) is 12.8 Å². The maximum absolute atomic E-state index is 11.3. The molecule has 1 saturated carbocycles. The van der Waals surface area contributed by atoms with Gasteiger partial charge in [-0.3, -0.25) is 9.69 Å². The Morgan fingerprint density at radius 1 is 1.38 bits per heavy atom. The van der Waals surface area contributed by atoms with Crippen LogP contribution in [-0.4, -0.2) is 29.9 Å². The van der Waals surface area contributed by atoms with Crippen molar-refractivity contribution in [1.82, 2.24) is 4.90 Å². The minimum absolute atomic E-state index is 0.0211. The normalized spacial score (nSPS) is 52.5. The summed E-state index contributed by atoms with van der Waals surface area (Å²) in [4.78, 5) is 13.6. The summed E-state index contributed by atoms with van der Waals surface area (Å²) in [6.07, 6.45) is 4.92. The second kappa shape index (κ2) is 2.47. The fourth-order valence-electron chi connectivity index (χ4n) is 3.53. The molecule has 71 valence electrons. The van der Waals surface area contributed by atoms with Gasteiger partial charge in [0.05, 0.1) is 6.04 Å². The van der Waals surface area contributed by atoms with Crippen molar-refractivity contribution in [3.8, 4) is 0 Å². The van der Waals surface area contributed by atoms with Crippen LogP contribution in [0.4, 0.5) is 0 Å². The number of hydrogen-bond donors (Lipinski definition) is 1. The van der Waals surface area contributed by atoms with Crippen molar-refractivity contribution in [2.45, 2.75) is 18.9 Å². The van der Waals surface area contributed by atoms with Crippen LogP contribution in [0.15, 0.2) is 0 Å². The number of primary amides is 1. The van der Waals surface area contributed by atoms with Gasteiger partial charge in [0, 0.05) is 13.1 Å². The molecule has 5 unspecified atom stereocenters. The van der Waals surface area contributed by atoms with Gasteiger partial charge in [-0.1, -0.05) is 0 Å². The third-order valence-corrected chi connectivity index (χ3v) is 3.81. The second-order valence-corrected chi connectivity index (χ2v) is 4.75. The van der Waals surface area contributed by atoms with Gasteiger partial charge in [0.25, 0.3) is 0 Å². The zero-order valence-corrected chi connectivity index (χ0v) is 7.65. The molecule has 3 heteroatoms. The van der Waals surface area contributed by atoms with Gasteiger partial charge in [-0.2, -0.15) is 0 Å². The zero-order chi connectivity index (χ0) is 9.00. The highest BCUT2D eigenvalue weighted by Gasteiger charge is 2.49. The van der Waals surface area contributed by atoms with E-state index in [1.54, 1.807) is 0 Å². The lowest BCUT2D eigenvalue weighted by Gasteiger charge is -2.55. The van der Waals surface area contributed by atoms with Crippen LogP contribution in [0.2, 0.25) is 0 Å². The first-order chi connectivity index (χ1) is 6.24. The summed E-state index contributed by atoms with van der Waals surface area (Å²) < 4.78 is 0. The van der Waals surface area contributed by atoms with Crippen LogP contribution in [0.25, 0.3) is 0 Å². The number of rotatable bonds is 1. The molecule has 0 aromatic heterocycles. The molecule has 3 saturated heterocycles. The van der Waals surface area contributed by atoms with E-state index in [2.05, 4.69) is 11.3 Å². The van der Waals surface area contributed by atoms with Gasteiger partial charge in [-0.05, 0) is 37.0 Å². The van der Waals surface area contributed by atoms with Gasteiger partial charge >= 0.3 is 0 Å². The fraction of sp³-hybridized carbons (Fsp3) is 0.800. The molecule has 13 heavy (non-hydrogen) atoms. The average molecular weight is 179 g/mol. The minimum atomic E-state index is -0.125. The van der Waals surface area contributed by atoms with Crippen molar-refractivity contribution in [2.24, 2.45) is 23.5 Å². The molecule has 1 radical (unpaired) electrons. The minimum Gasteiger partial charge on any atom is -0.368 e. The van der Waals surface area contributed by atoms with Crippen molar-refractivity contribution in [3.63, 3.8) is 0 Å². The predicted octanol–water partition coefficient (Wildman–Crippen LogP) is 0.0162. The first kappa shape index (κ1) is 7.80. The van der Waals surface area contributed by atoms with E-state index >= 15 is 0 Å². The number of hydrogen-bond acceptors (Lipinski definition) is 2. The van der Waals surface area contributed by atoms with Crippen LogP contribution in [0.5, 0.6) is 0 Å². The van der Waals surface area contributed by atoms with E-state index in [0.29, 0.717) is 5.92 Å². The molecule has 3 heterocycles. The second-order valence-electron chi connectivity index (χ2n) is 4.75. The molecule has 5 atom stereocenters. The molecule has 1 aliphatic carbocycles. The van der Waals surface area contributed by atoms with E-state index in [0.717, 1.165) is 24.9 Å². The van der Waals surface area contributed by atoms with Crippen LogP contribution in [0.1, 0.15) is 12.8 Å². The molecule has 4 rings (SSSR count). The highest BCUT2D eigenvalue weighted by Crippen LogP contribution is 2.45. The molecule has 3 nitrogen and oxygen atoms in total. The van der Waals surface area contributed by atoms with E-state index in [-0.39, 0.29) is 11.9 Å². The summed E-state index contributed by atoms with van der Waals surface area (Å²) in [5, 5.41) is 0. The smallest absolute Gasteiger partial charge is 0.235 e. The van der Waals surface area contributed by atoms with Gasteiger partial charge in [-0.25, -0.2) is 0 Å². The zero-order valence-electron chi connectivity index (χ0n) is 7.65. The molecule has 2 N–H and O–H groups in total. The Bertz CT molecular complexity index is 223. The summed E-state index contributed by atoms with van der Waals surface area (Å²) >= 11 is 0. The molecule has 0 aromatic carbocycles. The third kappa shape index (κ3) is 1.03. The van der Waals surface area contributed by atoms with Crippen LogP contribution in [-0.2, 0) is 4.79 Å². The maximum Gasteiger partial charge on any atom is 0.235 e. The highest BCUT2D eigenvalue weighted by molar-refractivity contribution is 5.81. The van der Waals surface area contributed by atoms with Crippen molar-refractivity contribution in [3.05, 3.63) is 6.42 Å². The van der Waals surface area contributed by atoms with E-state index < -0.39 is 0 Å². The number of nitrogens with two attached hydrogens (primary N) is 1. The number of carbonyl (C=O) groups is 1. The van der Waals surface area contributed by atoms with E-state index in [9.17, 15) is 4.79 Å². The lowest BCUT2D eigenvalue weighted by molar-refractivity contribution is -0.132. The molecule has 1 amide bonds. The molecule has 0 aromatic rings. The Labute approximate surface area is 78.3 Å².